The Balaban J connectivity index is 0.000000143. The number of carbonyl (C=O) groups excluding carboxylic acids is 3. The van der Waals surface area contributed by atoms with Gasteiger partial charge in [-0.3, -0.25) is 56.7 Å². The van der Waals surface area contributed by atoms with Gasteiger partial charge < -0.3 is 29.6 Å². The fourth-order valence-electron chi connectivity index (χ4n) is 11.9. The Morgan fingerprint density at radius 2 is 0.759 bits per heavy atom. The molecule has 2 N–H and O–H groups in total. The summed E-state index contributed by atoms with van der Waals surface area (Å²) in [7, 11) is 1.39. The smallest absolute Gasteiger partial charge is 0.338 e. The molecule has 0 radical (unpaired) electrons. The van der Waals surface area contributed by atoms with Crippen LogP contribution in [0.15, 0.2) is 314 Å². The zero-order valence-corrected chi connectivity index (χ0v) is 58.2. The summed E-state index contributed by atoms with van der Waals surface area (Å²) < 4.78 is 59.7. The van der Waals surface area contributed by atoms with E-state index in [1.165, 1.54) is 48.1 Å². The highest BCUT2D eigenvalue weighted by Crippen LogP contribution is 2.32. The first kappa shape index (κ1) is 71.5. The SMILES string of the molecule is C=CC(=O)Cc1cccc(-n2c(=O)n(-c3ccc(Oc4ccc(C)c(F)c4)cc3)c3cnccc32)c1.C=CC(=O)Nc1cccc(-n2c(=O)n(-c3ccc(Oc4ccc(C)cc4)cc3)c3cnccc32)c1.C=CC(=O)Nc1cccc(-n2c(=O)n(-c3ccc(Oc4ccc(OC)c(F)c4)cc3)c3cnccc32)c1. The van der Waals surface area contributed by atoms with Crippen molar-refractivity contribution >= 4 is 62.1 Å². The van der Waals surface area contributed by atoms with Gasteiger partial charge in [0, 0.05) is 48.5 Å². The number of imidazole rings is 3. The van der Waals surface area contributed by atoms with Gasteiger partial charge in [-0.1, -0.05) is 67.8 Å². The number of anilines is 2. The number of nitrogens with one attached hydrogen (secondary N) is 2. The van der Waals surface area contributed by atoms with E-state index >= 15 is 0 Å². The monoisotopic (exact) mass is 1440 g/mol. The van der Waals surface area contributed by atoms with Gasteiger partial charge in [0.2, 0.25) is 11.8 Å². The maximum atomic E-state index is 14.0. The summed E-state index contributed by atoms with van der Waals surface area (Å²) in [6, 6.07) is 64.6. The summed E-state index contributed by atoms with van der Waals surface area (Å²) in [5.41, 5.74) is 10.3. The Hall–Kier alpha value is -14.9. The molecule has 534 valence electrons. The van der Waals surface area contributed by atoms with Crippen LogP contribution >= 0.6 is 0 Å². The van der Waals surface area contributed by atoms with Crippen LogP contribution in [0.25, 0.3) is 67.2 Å². The highest BCUT2D eigenvalue weighted by atomic mass is 19.1. The van der Waals surface area contributed by atoms with E-state index in [0.717, 1.165) is 16.9 Å². The summed E-state index contributed by atoms with van der Waals surface area (Å²) in [5, 5.41) is 5.44. The van der Waals surface area contributed by atoms with Gasteiger partial charge in [0.05, 0.1) is 92.9 Å². The van der Waals surface area contributed by atoms with E-state index in [2.05, 4.69) is 45.3 Å². The second-order valence-corrected chi connectivity index (χ2v) is 24.3. The van der Waals surface area contributed by atoms with E-state index < -0.39 is 5.82 Å². The molecule has 0 aliphatic heterocycles. The average molecular weight is 1440 g/mol. The highest BCUT2D eigenvalue weighted by Gasteiger charge is 2.21. The number of ether oxygens (including phenoxy) is 4. The molecular weight excluding hydrogens is 1370 g/mol. The third kappa shape index (κ3) is 15.6. The van der Waals surface area contributed by atoms with Crippen LogP contribution in [0.5, 0.6) is 40.2 Å². The van der Waals surface area contributed by atoms with Gasteiger partial charge in [-0.05, 0) is 213 Å². The summed E-state index contributed by atoms with van der Waals surface area (Å²) in [6.07, 6.45) is 13.7. The third-order valence-electron chi connectivity index (χ3n) is 17.1. The fourth-order valence-corrected chi connectivity index (χ4v) is 11.9. The number of carbonyl (C=O) groups is 3. The van der Waals surface area contributed by atoms with Crippen LogP contribution < -0.4 is 46.7 Å². The Morgan fingerprint density at radius 1 is 0.398 bits per heavy atom. The van der Waals surface area contributed by atoms with Crippen molar-refractivity contribution in [2.24, 2.45) is 0 Å². The summed E-state index contributed by atoms with van der Waals surface area (Å²) >= 11 is 0. The summed E-state index contributed by atoms with van der Waals surface area (Å²) in [5.74, 6) is 1.57. The molecule has 0 saturated heterocycles. The first-order chi connectivity index (χ1) is 52.4. The number of ketones is 1. The molecule has 0 saturated carbocycles. The largest absolute Gasteiger partial charge is 0.494 e. The van der Waals surface area contributed by atoms with Gasteiger partial charge in [-0.25, -0.2) is 23.2 Å². The van der Waals surface area contributed by atoms with Gasteiger partial charge in [-0.15, -0.1) is 0 Å². The number of aromatic nitrogens is 9. The lowest BCUT2D eigenvalue weighted by molar-refractivity contribution is -0.114. The second kappa shape index (κ2) is 31.8. The van der Waals surface area contributed by atoms with Crippen LogP contribution in [0, 0.1) is 25.5 Å². The van der Waals surface area contributed by atoms with Gasteiger partial charge >= 0.3 is 17.1 Å². The standard InChI is InChI=1S/C29H22FN3O3.C28H21FN4O4.C28H22N4O3/c1-3-23(34)16-20-5-4-6-22(15-20)33-27-13-14-31-18-28(27)32(29(33)35)21-8-11-24(12-9-21)36-25-10-7-19(2)26(30)17-25;1-3-27(34)31-18-5-4-6-20(15-18)33-24-13-14-30-17-25(24)32(28(33)35)19-7-9-21(10-8-19)37-22-11-12-26(36-2)23(29)16-22;1-3-27(33)30-20-5-4-6-22(17-20)32-25-15-16-29-18-26(25)31(28(32)34)21-9-13-24(14-10-21)35-23-11-7-19(2)8-12-23/h3-15,17-18H,1,16H2,2H3;3-17H,1H2,2H3,(H,31,34);3-18H,1H2,2H3,(H,30,33). The maximum Gasteiger partial charge on any atom is 0.338 e. The molecule has 23 heteroatoms. The van der Waals surface area contributed by atoms with E-state index in [4.69, 9.17) is 18.9 Å². The van der Waals surface area contributed by atoms with E-state index in [-0.39, 0.29) is 52.7 Å². The number of pyridine rings is 3. The van der Waals surface area contributed by atoms with Gasteiger partial charge in [-0.2, -0.15) is 0 Å². The Morgan fingerprint density at radius 3 is 1.15 bits per heavy atom. The first-order valence-corrected chi connectivity index (χ1v) is 33.5. The zero-order chi connectivity index (χ0) is 75.5. The Kier molecular flexibility index (Phi) is 21.1. The van der Waals surface area contributed by atoms with Gasteiger partial charge in [0.15, 0.2) is 17.3 Å². The van der Waals surface area contributed by atoms with Gasteiger partial charge in [0.1, 0.15) is 40.3 Å². The number of methoxy groups -OCH3 is 1. The van der Waals surface area contributed by atoms with E-state index in [9.17, 15) is 37.5 Å². The molecule has 6 aromatic heterocycles. The number of aryl methyl sites for hydroxylation is 2. The number of rotatable bonds is 20. The molecule has 0 unspecified atom stereocenters. The van der Waals surface area contributed by atoms with E-state index in [0.29, 0.717) is 113 Å². The fraction of sp³-hybridized carbons (Fsp3) is 0.0471. The molecule has 0 spiro atoms. The lowest BCUT2D eigenvalue weighted by Gasteiger charge is -2.09. The van der Waals surface area contributed by atoms with Crippen LogP contribution in [0.3, 0.4) is 0 Å². The van der Waals surface area contributed by atoms with Crippen molar-refractivity contribution in [3.8, 4) is 74.4 Å². The van der Waals surface area contributed by atoms with Gasteiger partial charge in [0.25, 0.3) is 0 Å². The summed E-state index contributed by atoms with van der Waals surface area (Å²) in [4.78, 5) is 88.9. The van der Waals surface area contributed by atoms with Crippen molar-refractivity contribution in [1.29, 1.82) is 0 Å². The van der Waals surface area contributed by atoms with Crippen LogP contribution in [-0.2, 0) is 20.8 Å². The number of benzene rings is 9. The normalized spacial score (nSPS) is 10.8. The maximum absolute atomic E-state index is 14.0. The number of hydrogen-bond acceptors (Lipinski definition) is 13. The van der Waals surface area contributed by atoms with Crippen molar-refractivity contribution in [2.45, 2.75) is 20.3 Å². The summed E-state index contributed by atoms with van der Waals surface area (Å²) in [6.45, 7) is 14.2. The molecule has 0 aliphatic rings. The van der Waals surface area contributed by atoms with Crippen LogP contribution in [0.2, 0.25) is 0 Å². The quantitative estimate of drug-likeness (QED) is 0.0677. The number of hydrogen-bond donors (Lipinski definition) is 2. The Labute approximate surface area is 615 Å². The molecule has 21 nitrogen and oxygen atoms in total. The molecule has 6 heterocycles. The molecule has 0 fully saturated rings. The van der Waals surface area contributed by atoms with Crippen LogP contribution in [0.4, 0.5) is 20.2 Å². The van der Waals surface area contributed by atoms with Crippen molar-refractivity contribution in [3.63, 3.8) is 0 Å². The zero-order valence-electron chi connectivity index (χ0n) is 58.2. The Bertz CT molecular complexity index is 6140. The minimum absolute atomic E-state index is 0.0955. The molecule has 0 aliphatic carbocycles. The predicted octanol–water partition coefficient (Wildman–Crippen LogP) is 16.4. The number of halogens is 2. The van der Waals surface area contributed by atoms with Crippen LogP contribution in [0.1, 0.15) is 16.7 Å². The molecule has 108 heavy (non-hydrogen) atoms. The van der Waals surface area contributed by atoms with Crippen molar-refractivity contribution in [1.82, 2.24) is 42.4 Å². The lowest BCUT2D eigenvalue weighted by Crippen LogP contribution is -2.22. The molecule has 2 amide bonds. The third-order valence-corrected chi connectivity index (χ3v) is 17.1. The van der Waals surface area contributed by atoms with Crippen LogP contribution in [-0.4, -0.2) is 67.1 Å². The first-order valence-electron chi connectivity index (χ1n) is 33.5. The number of allylic oxidation sites excluding steroid dienone is 1. The lowest BCUT2D eigenvalue weighted by atomic mass is 10.1. The molecule has 15 rings (SSSR count). The van der Waals surface area contributed by atoms with Crippen molar-refractivity contribution in [2.75, 3.05) is 17.7 Å². The van der Waals surface area contributed by atoms with Crippen molar-refractivity contribution < 1.29 is 42.1 Å². The number of amides is 2. The highest BCUT2D eigenvalue weighted by molar-refractivity contribution is 6.00. The average Bonchev–Trinajstić information content (AvgIpc) is 1.61. The minimum Gasteiger partial charge on any atom is -0.494 e. The predicted molar refractivity (Wildman–Crippen MR) is 412 cm³/mol. The number of fused-ring (bicyclic) bond motifs is 3. The molecular formula is C85H65F2N11O10. The second-order valence-electron chi connectivity index (χ2n) is 24.3. The topological polar surface area (TPSA) is 232 Å². The number of nitrogens with zero attached hydrogens (tertiary/aromatic N) is 9. The molecule has 15 aromatic rings. The van der Waals surface area contributed by atoms with Crippen molar-refractivity contribution in [3.05, 3.63) is 359 Å². The molecule has 9 aromatic carbocycles. The molecule has 0 bridgehead atoms. The molecule has 0 atom stereocenters. The van der Waals surface area contributed by atoms with E-state index in [1.54, 1.807) is 194 Å². The minimum atomic E-state index is -0.531. The van der Waals surface area contributed by atoms with E-state index in [1.807, 2.05) is 85.8 Å².